The smallest absolute Gasteiger partial charge is 0.0526 e. The molecule has 1 aliphatic heterocycles. The fourth-order valence-corrected chi connectivity index (χ4v) is 2.52. The number of likely N-dealkylation sites (N-methyl/N-ethyl adjacent to an activating group) is 1. The van der Waals surface area contributed by atoms with Gasteiger partial charge in [-0.1, -0.05) is 17.7 Å². The molecule has 0 spiro atoms. The van der Waals surface area contributed by atoms with Crippen LogP contribution in [-0.4, -0.2) is 29.6 Å². The molecule has 3 rings (SSSR count). The molecule has 2 nitrogen and oxygen atoms in total. The number of benzene rings is 1. The van der Waals surface area contributed by atoms with Crippen molar-refractivity contribution in [3.63, 3.8) is 0 Å². The van der Waals surface area contributed by atoms with Gasteiger partial charge in [0.15, 0.2) is 0 Å². The quantitative estimate of drug-likeness (QED) is 0.748. The Morgan fingerprint density at radius 3 is 2.88 bits per heavy atom. The predicted octanol–water partition coefficient (Wildman–Crippen LogP) is 3.47. The van der Waals surface area contributed by atoms with E-state index in [1.165, 1.54) is 16.6 Å². The summed E-state index contributed by atoms with van der Waals surface area (Å²) >= 11 is 6.00. The van der Waals surface area contributed by atoms with Crippen LogP contribution in [0.1, 0.15) is 6.42 Å². The Morgan fingerprint density at radius 1 is 1.24 bits per heavy atom. The van der Waals surface area contributed by atoms with Gasteiger partial charge in [-0.2, -0.15) is 0 Å². The van der Waals surface area contributed by atoms with E-state index in [2.05, 4.69) is 40.9 Å². The summed E-state index contributed by atoms with van der Waals surface area (Å²) in [6.07, 6.45) is 5.54. The van der Waals surface area contributed by atoms with Crippen LogP contribution in [0, 0.1) is 0 Å². The van der Waals surface area contributed by atoms with Crippen molar-refractivity contribution >= 4 is 28.2 Å². The van der Waals surface area contributed by atoms with Crippen molar-refractivity contribution in [1.82, 2.24) is 9.47 Å². The second-order valence-corrected chi connectivity index (χ2v) is 5.03. The van der Waals surface area contributed by atoms with Crippen LogP contribution < -0.4 is 0 Å². The summed E-state index contributed by atoms with van der Waals surface area (Å²) in [5.41, 5.74) is 2.63. The normalized spacial score (nSPS) is 17.4. The topological polar surface area (TPSA) is 8.17 Å². The Morgan fingerprint density at radius 2 is 2.12 bits per heavy atom. The highest BCUT2D eigenvalue weighted by Crippen LogP contribution is 2.25. The third kappa shape index (κ3) is 1.99. The standard InChI is InChI=1S/C14H15ClN2/c1-16-7-5-13(6-8-16)17-9-4-11-10-12(15)2-3-14(11)17/h2-5,9-10H,6-8H2,1H3. The van der Waals surface area contributed by atoms with Crippen LogP contribution in [0.3, 0.4) is 0 Å². The molecule has 0 radical (unpaired) electrons. The first-order valence-electron chi connectivity index (χ1n) is 5.88. The molecule has 2 heterocycles. The zero-order valence-corrected chi connectivity index (χ0v) is 10.6. The van der Waals surface area contributed by atoms with Crippen LogP contribution in [0.25, 0.3) is 16.6 Å². The van der Waals surface area contributed by atoms with Gasteiger partial charge < -0.3 is 9.47 Å². The number of rotatable bonds is 1. The van der Waals surface area contributed by atoms with Gasteiger partial charge in [-0.25, -0.2) is 0 Å². The lowest BCUT2D eigenvalue weighted by atomic mass is 10.2. The Balaban J connectivity index is 2.06. The average molecular weight is 247 g/mol. The lowest BCUT2D eigenvalue weighted by molar-refractivity contribution is 0.367. The lowest BCUT2D eigenvalue weighted by Gasteiger charge is -2.23. The van der Waals surface area contributed by atoms with Gasteiger partial charge in [0.05, 0.1) is 5.52 Å². The summed E-state index contributed by atoms with van der Waals surface area (Å²) < 4.78 is 2.28. The van der Waals surface area contributed by atoms with E-state index in [4.69, 9.17) is 11.6 Å². The maximum absolute atomic E-state index is 6.00. The Kier molecular flexibility index (Phi) is 2.69. The summed E-state index contributed by atoms with van der Waals surface area (Å²) in [6, 6.07) is 8.19. The van der Waals surface area contributed by atoms with E-state index in [-0.39, 0.29) is 0 Å². The van der Waals surface area contributed by atoms with Crippen molar-refractivity contribution in [3.8, 4) is 0 Å². The summed E-state index contributed by atoms with van der Waals surface area (Å²) in [6.45, 7) is 2.15. The monoisotopic (exact) mass is 246 g/mol. The Labute approximate surface area is 106 Å². The Hall–Kier alpha value is -1.25. The third-order valence-electron chi connectivity index (χ3n) is 3.35. The molecule has 3 heteroatoms. The molecule has 1 aliphatic rings. The van der Waals surface area contributed by atoms with Gasteiger partial charge in [0.25, 0.3) is 0 Å². The minimum Gasteiger partial charge on any atom is -0.321 e. The highest BCUT2D eigenvalue weighted by atomic mass is 35.5. The molecule has 0 N–H and O–H groups in total. The van der Waals surface area contributed by atoms with E-state index in [0.717, 1.165) is 24.5 Å². The molecule has 88 valence electrons. The van der Waals surface area contributed by atoms with E-state index in [0.29, 0.717) is 0 Å². The largest absolute Gasteiger partial charge is 0.321 e. The fraction of sp³-hybridized carbons (Fsp3) is 0.286. The number of hydrogen-bond donors (Lipinski definition) is 0. The summed E-state index contributed by atoms with van der Waals surface area (Å²) in [7, 11) is 2.15. The predicted molar refractivity (Wildman–Crippen MR) is 73.3 cm³/mol. The zero-order valence-electron chi connectivity index (χ0n) is 9.86. The van der Waals surface area contributed by atoms with E-state index in [9.17, 15) is 0 Å². The lowest BCUT2D eigenvalue weighted by Crippen LogP contribution is -2.24. The minimum absolute atomic E-state index is 0.799. The van der Waals surface area contributed by atoms with Crippen molar-refractivity contribution in [2.45, 2.75) is 6.42 Å². The molecule has 0 saturated heterocycles. The van der Waals surface area contributed by atoms with Crippen LogP contribution in [0.2, 0.25) is 5.02 Å². The van der Waals surface area contributed by atoms with Crippen LogP contribution >= 0.6 is 11.6 Å². The number of nitrogens with zero attached hydrogens (tertiary/aromatic N) is 2. The highest BCUT2D eigenvalue weighted by molar-refractivity contribution is 6.31. The highest BCUT2D eigenvalue weighted by Gasteiger charge is 2.11. The Bertz CT molecular complexity index is 583. The van der Waals surface area contributed by atoms with Crippen LogP contribution in [0.4, 0.5) is 0 Å². The van der Waals surface area contributed by atoms with Gasteiger partial charge >= 0.3 is 0 Å². The van der Waals surface area contributed by atoms with Gasteiger partial charge in [-0.15, -0.1) is 0 Å². The van der Waals surface area contributed by atoms with Gasteiger partial charge in [0.2, 0.25) is 0 Å². The summed E-state index contributed by atoms with van der Waals surface area (Å²) in [5, 5.41) is 2.00. The third-order valence-corrected chi connectivity index (χ3v) is 3.59. The SMILES string of the molecule is CN1CC=C(n2ccc3cc(Cl)ccc32)CC1. The van der Waals surface area contributed by atoms with Crippen molar-refractivity contribution in [2.24, 2.45) is 0 Å². The molecule has 0 unspecified atom stereocenters. The molecular formula is C14H15ClN2. The maximum Gasteiger partial charge on any atom is 0.0526 e. The molecule has 17 heavy (non-hydrogen) atoms. The molecule has 0 amide bonds. The van der Waals surface area contributed by atoms with Crippen molar-refractivity contribution < 1.29 is 0 Å². The second-order valence-electron chi connectivity index (χ2n) is 4.60. The van der Waals surface area contributed by atoms with E-state index in [1.54, 1.807) is 0 Å². The van der Waals surface area contributed by atoms with Crippen LogP contribution in [0.5, 0.6) is 0 Å². The van der Waals surface area contributed by atoms with Gasteiger partial charge in [-0.3, -0.25) is 0 Å². The minimum atomic E-state index is 0.799. The van der Waals surface area contributed by atoms with E-state index in [1.807, 2.05) is 12.1 Å². The van der Waals surface area contributed by atoms with Gasteiger partial charge in [0.1, 0.15) is 0 Å². The average Bonchev–Trinajstić information content (AvgIpc) is 2.73. The molecular weight excluding hydrogens is 232 g/mol. The van der Waals surface area contributed by atoms with E-state index < -0.39 is 0 Å². The first kappa shape index (κ1) is 10.9. The first-order valence-corrected chi connectivity index (χ1v) is 6.26. The number of hydrogen-bond acceptors (Lipinski definition) is 1. The number of fused-ring (bicyclic) bond motifs is 1. The fourth-order valence-electron chi connectivity index (χ4n) is 2.34. The van der Waals surface area contributed by atoms with Crippen molar-refractivity contribution in [3.05, 3.63) is 41.6 Å². The molecule has 1 aromatic carbocycles. The van der Waals surface area contributed by atoms with E-state index >= 15 is 0 Å². The molecule has 0 fully saturated rings. The van der Waals surface area contributed by atoms with Crippen LogP contribution in [0.15, 0.2) is 36.5 Å². The molecule has 1 aromatic heterocycles. The van der Waals surface area contributed by atoms with Crippen LogP contribution in [-0.2, 0) is 0 Å². The number of halogens is 1. The molecule has 0 bridgehead atoms. The maximum atomic E-state index is 6.00. The second kappa shape index (κ2) is 4.21. The molecule has 2 aromatic rings. The zero-order chi connectivity index (χ0) is 11.8. The van der Waals surface area contributed by atoms with Gasteiger partial charge in [0, 0.05) is 41.8 Å². The summed E-state index contributed by atoms with van der Waals surface area (Å²) in [4.78, 5) is 2.33. The van der Waals surface area contributed by atoms with Crippen molar-refractivity contribution in [1.29, 1.82) is 0 Å². The number of aromatic nitrogens is 1. The molecule has 0 aliphatic carbocycles. The first-order chi connectivity index (χ1) is 8.24. The van der Waals surface area contributed by atoms with Crippen molar-refractivity contribution in [2.75, 3.05) is 20.1 Å². The molecule has 0 saturated carbocycles. The molecule has 0 atom stereocenters. The summed E-state index contributed by atoms with van der Waals surface area (Å²) in [5.74, 6) is 0. The van der Waals surface area contributed by atoms with Gasteiger partial charge in [-0.05, 0) is 31.3 Å².